The minimum Gasteiger partial charge on any atom is -0.365 e. The van der Waals surface area contributed by atoms with Crippen LogP contribution >= 0.6 is 18.9 Å². The molecule has 0 radical (unpaired) electrons. The molecule has 2 nitrogen and oxygen atoms in total. The van der Waals surface area contributed by atoms with E-state index < -0.39 is 0 Å². The van der Waals surface area contributed by atoms with Crippen LogP contribution in [0.3, 0.4) is 0 Å². The summed E-state index contributed by atoms with van der Waals surface area (Å²) in [6, 6.07) is 8.20. The van der Waals surface area contributed by atoms with E-state index in [-0.39, 0.29) is 0 Å². The standard InChI is InChI=1S/C11H16O2P2/c1-9(5-6-12-14)11-4-2-3-10(7-11)8-13-15/h2-4,7H,1,5-6,8,14-15H2. The average molecular weight is 242 g/mol. The molecule has 0 saturated carbocycles. The lowest BCUT2D eigenvalue weighted by Gasteiger charge is -2.07. The van der Waals surface area contributed by atoms with Gasteiger partial charge in [0.25, 0.3) is 0 Å². The first kappa shape index (κ1) is 12.8. The van der Waals surface area contributed by atoms with Gasteiger partial charge in [-0.3, -0.25) is 0 Å². The molecule has 0 saturated heterocycles. The van der Waals surface area contributed by atoms with Crippen molar-refractivity contribution in [3.05, 3.63) is 42.0 Å². The van der Waals surface area contributed by atoms with Crippen molar-refractivity contribution < 1.29 is 9.05 Å². The maximum absolute atomic E-state index is 5.00. The molecule has 1 aromatic carbocycles. The Labute approximate surface area is 95.6 Å². The van der Waals surface area contributed by atoms with E-state index in [1.165, 1.54) is 0 Å². The van der Waals surface area contributed by atoms with Crippen LogP contribution in [0.4, 0.5) is 0 Å². The van der Waals surface area contributed by atoms with E-state index in [0.717, 1.165) is 23.1 Å². The fraction of sp³-hybridized carbons (Fsp3) is 0.273. The van der Waals surface area contributed by atoms with E-state index >= 15 is 0 Å². The Balaban J connectivity index is 2.67. The quantitative estimate of drug-likeness (QED) is 0.713. The molecule has 0 amide bonds. The van der Waals surface area contributed by atoms with E-state index in [1.54, 1.807) is 0 Å². The summed E-state index contributed by atoms with van der Waals surface area (Å²) in [6.45, 7) is 5.31. The summed E-state index contributed by atoms with van der Waals surface area (Å²) in [6.07, 6.45) is 0.842. The Bertz CT molecular complexity index is 326. The molecule has 0 aliphatic carbocycles. The van der Waals surface area contributed by atoms with Crippen LogP contribution in [0.1, 0.15) is 17.5 Å². The molecule has 0 aliphatic heterocycles. The van der Waals surface area contributed by atoms with Gasteiger partial charge in [-0.1, -0.05) is 24.8 Å². The molecular formula is C11H16O2P2. The molecule has 0 heterocycles. The second kappa shape index (κ2) is 7.09. The summed E-state index contributed by atoms with van der Waals surface area (Å²) in [5.74, 6) is 0. The largest absolute Gasteiger partial charge is 0.365 e. The van der Waals surface area contributed by atoms with Crippen molar-refractivity contribution in [2.24, 2.45) is 0 Å². The van der Waals surface area contributed by atoms with Crippen molar-refractivity contribution in [3.8, 4) is 0 Å². The SMILES string of the molecule is C=C(CCOP)c1cccc(COP)c1. The highest BCUT2D eigenvalue weighted by molar-refractivity contribution is 7.09. The molecule has 0 bridgehead atoms. The summed E-state index contributed by atoms with van der Waals surface area (Å²) in [5, 5.41) is 0. The first-order valence-corrected chi connectivity index (χ1v) is 5.62. The minimum absolute atomic E-state index is 0.603. The Hall–Kier alpha value is -0.260. The molecule has 0 fully saturated rings. The molecule has 1 rings (SSSR count). The van der Waals surface area contributed by atoms with Crippen molar-refractivity contribution in [3.63, 3.8) is 0 Å². The zero-order chi connectivity index (χ0) is 11.1. The molecule has 0 spiro atoms. The van der Waals surface area contributed by atoms with Crippen LogP contribution in [0.25, 0.3) is 5.57 Å². The molecule has 0 aliphatic rings. The first-order chi connectivity index (χ1) is 7.27. The molecule has 82 valence electrons. The second-order valence-corrected chi connectivity index (χ2v) is 3.90. The summed E-state index contributed by atoms with van der Waals surface area (Å²) >= 11 is 0. The third-order valence-electron chi connectivity index (χ3n) is 2.11. The monoisotopic (exact) mass is 242 g/mol. The van der Waals surface area contributed by atoms with Crippen LogP contribution in [0.5, 0.6) is 0 Å². The third-order valence-corrected chi connectivity index (χ3v) is 2.51. The smallest absolute Gasteiger partial charge is 0.0752 e. The predicted molar refractivity (Wildman–Crippen MR) is 70.3 cm³/mol. The molecule has 2 unspecified atom stereocenters. The van der Waals surface area contributed by atoms with E-state index in [4.69, 9.17) is 9.05 Å². The van der Waals surface area contributed by atoms with Crippen LogP contribution in [0, 0.1) is 0 Å². The predicted octanol–water partition coefficient (Wildman–Crippen LogP) is 3.20. The summed E-state index contributed by atoms with van der Waals surface area (Å²) in [7, 11) is 4.50. The summed E-state index contributed by atoms with van der Waals surface area (Å²) in [4.78, 5) is 0. The Morgan fingerprint density at radius 1 is 1.27 bits per heavy atom. The number of hydrogen-bond acceptors (Lipinski definition) is 2. The molecular weight excluding hydrogens is 226 g/mol. The van der Waals surface area contributed by atoms with E-state index in [2.05, 4.69) is 37.6 Å². The first-order valence-electron chi connectivity index (χ1n) is 4.68. The molecule has 0 aromatic heterocycles. The van der Waals surface area contributed by atoms with Crippen molar-refractivity contribution in [1.82, 2.24) is 0 Å². The second-order valence-electron chi connectivity index (χ2n) is 3.24. The normalized spacial score (nSPS) is 10.3. The lowest BCUT2D eigenvalue weighted by atomic mass is 10.0. The van der Waals surface area contributed by atoms with Gasteiger partial charge in [0, 0.05) is 18.9 Å². The van der Waals surface area contributed by atoms with Crippen molar-refractivity contribution in [2.45, 2.75) is 13.0 Å². The Morgan fingerprint density at radius 2 is 2.07 bits per heavy atom. The van der Waals surface area contributed by atoms with E-state index in [9.17, 15) is 0 Å². The lowest BCUT2D eigenvalue weighted by molar-refractivity contribution is 0.362. The topological polar surface area (TPSA) is 18.5 Å². The number of hydrogen-bond donors (Lipinski definition) is 0. The van der Waals surface area contributed by atoms with Gasteiger partial charge in [-0.15, -0.1) is 0 Å². The number of rotatable bonds is 6. The van der Waals surface area contributed by atoms with Crippen molar-refractivity contribution in [1.29, 1.82) is 0 Å². The van der Waals surface area contributed by atoms with Crippen LogP contribution in [-0.4, -0.2) is 6.61 Å². The van der Waals surface area contributed by atoms with Crippen LogP contribution in [0.2, 0.25) is 0 Å². The van der Waals surface area contributed by atoms with Gasteiger partial charge in [0.2, 0.25) is 0 Å². The highest BCUT2D eigenvalue weighted by Gasteiger charge is 2.00. The summed E-state index contributed by atoms with van der Waals surface area (Å²) < 4.78 is 9.94. The van der Waals surface area contributed by atoms with Gasteiger partial charge >= 0.3 is 0 Å². The zero-order valence-electron chi connectivity index (χ0n) is 8.61. The average Bonchev–Trinajstić information content (AvgIpc) is 2.27. The third kappa shape index (κ3) is 4.40. The van der Waals surface area contributed by atoms with Crippen LogP contribution in [-0.2, 0) is 15.7 Å². The number of benzene rings is 1. The molecule has 0 N–H and O–H groups in total. The van der Waals surface area contributed by atoms with Gasteiger partial charge < -0.3 is 9.05 Å². The van der Waals surface area contributed by atoms with E-state index in [0.29, 0.717) is 13.2 Å². The van der Waals surface area contributed by atoms with Crippen molar-refractivity contribution in [2.75, 3.05) is 6.61 Å². The van der Waals surface area contributed by atoms with Gasteiger partial charge in [-0.2, -0.15) is 0 Å². The van der Waals surface area contributed by atoms with Crippen LogP contribution < -0.4 is 0 Å². The Kier molecular flexibility index (Phi) is 6.05. The minimum atomic E-state index is 0.603. The maximum atomic E-state index is 5.00. The fourth-order valence-electron chi connectivity index (χ4n) is 1.30. The molecule has 15 heavy (non-hydrogen) atoms. The van der Waals surface area contributed by atoms with E-state index in [1.807, 2.05) is 12.1 Å². The molecule has 1 aromatic rings. The summed E-state index contributed by atoms with van der Waals surface area (Å²) in [5.41, 5.74) is 3.38. The fourth-order valence-corrected chi connectivity index (χ4v) is 1.61. The highest BCUT2D eigenvalue weighted by atomic mass is 31.0. The zero-order valence-corrected chi connectivity index (χ0v) is 10.9. The lowest BCUT2D eigenvalue weighted by Crippen LogP contribution is -1.91. The maximum Gasteiger partial charge on any atom is 0.0752 e. The Morgan fingerprint density at radius 3 is 2.73 bits per heavy atom. The molecule has 4 heteroatoms. The molecule has 2 atom stereocenters. The highest BCUT2D eigenvalue weighted by Crippen LogP contribution is 2.18. The van der Waals surface area contributed by atoms with Gasteiger partial charge in [-0.25, -0.2) is 0 Å². The van der Waals surface area contributed by atoms with Crippen molar-refractivity contribution >= 4 is 24.5 Å². The van der Waals surface area contributed by atoms with Gasteiger partial charge in [0.05, 0.1) is 13.2 Å². The van der Waals surface area contributed by atoms with Gasteiger partial charge in [0.1, 0.15) is 0 Å². The van der Waals surface area contributed by atoms with Gasteiger partial charge in [-0.05, 0) is 29.2 Å². The van der Waals surface area contributed by atoms with Crippen LogP contribution in [0.15, 0.2) is 30.8 Å². The van der Waals surface area contributed by atoms with Gasteiger partial charge in [0.15, 0.2) is 0 Å².